The van der Waals surface area contributed by atoms with Gasteiger partial charge in [-0.15, -0.1) is 0 Å². The van der Waals surface area contributed by atoms with Crippen molar-refractivity contribution < 1.29 is 9.53 Å². The predicted octanol–water partition coefficient (Wildman–Crippen LogP) is 4.48. The number of hydrogen-bond acceptors (Lipinski definition) is 3. The highest BCUT2D eigenvalue weighted by atomic mass is 16.5. The fourth-order valence-corrected chi connectivity index (χ4v) is 4.37. The van der Waals surface area contributed by atoms with Crippen molar-refractivity contribution in [1.29, 1.82) is 0 Å². The van der Waals surface area contributed by atoms with E-state index in [2.05, 4.69) is 24.0 Å². The molecule has 0 aliphatic carbocycles. The zero-order chi connectivity index (χ0) is 20.5. The maximum Gasteiger partial charge on any atom is 0.256 e. The van der Waals surface area contributed by atoms with Crippen LogP contribution in [0.15, 0.2) is 60.8 Å². The van der Waals surface area contributed by atoms with E-state index in [9.17, 15) is 4.79 Å². The van der Waals surface area contributed by atoms with E-state index in [1.807, 2.05) is 72.7 Å². The van der Waals surface area contributed by atoms with E-state index in [4.69, 9.17) is 4.74 Å². The normalized spacial score (nSPS) is 21.9. The summed E-state index contributed by atoms with van der Waals surface area (Å²) in [4.78, 5) is 20.1. The van der Waals surface area contributed by atoms with Crippen molar-refractivity contribution in [3.63, 3.8) is 0 Å². The molecule has 2 aromatic heterocycles. The van der Waals surface area contributed by atoms with Crippen LogP contribution in [0.2, 0.25) is 0 Å². The summed E-state index contributed by atoms with van der Waals surface area (Å²) in [5.74, 6) is 0.872. The molecule has 1 aliphatic heterocycles. The average Bonchev–Trinajstić information content (AvgIpc) is 3.03. The second kappa shape index (κ2) is 7.84. The summed E-state index contributed by atoms with van der Waals surface area (Å²) in [6, 6.07) is 17.9. The summed E-state index contributed by atoms with van der Waals surface area (Å²) in [5, 5.41) is 0. The van der Waals surface area contributed by atoms with E-state index < -0.39 is 0 Å². The number of aromatic nitrogens is 2. The number of hydrogen-bond donors (Lipinski definition) is 0. The Balaban J connectivity index is 1.68. The zero-order valence-electron chi connectivity index (χ0n) is 17.4. The minimum atomic E-state index is -0.129. The molecular weight excluding hydrogens is 362 g/mol. The molecule has 5 nitrogen and oxygen atoms in total. The molecule has 0 unspecified atom stereocenters. The summed E-state index contributed by atoms with van der Waals surface area (Å²) in [5.41, 5.74) is 3.73. The first-order valence-corrected chi connectivity index (χ1v) is 10.1. The largest absolute Gasteiger partial charge is 0.369 e. The highest BCUT2D eigenvalue weighted by molar-refractivity contribution is 5.96. The van der Waals surface area contributed by atoms with Gasteiger partial charge in [0.2, 0.25) is 0 Å². The maximum atomic E-state index is 13.7. The topological polar surface area (TPSA) is 47.4 Å². The first-order valence-electron chi connectivity index (χ1n) is 10.1. The Bertz CT molecular complexity index is 998. The first-order chi connectivity index (χ1) is 14.0. The number of amides is 1. The van der Waals surface area contributed by atoms with Gasteiger partial charge in [0.05, 0.1) is 24.3 Å². The highest BCUT2D eigenvalue weighted by Crippen LogP contribution is 2.33. The van der Waals surface area contributed by atoms with Gasteiger partial charge in [0.15, 0.2) is 0 Å². The molecule has 0 bridgehead atoms. The van der Waals surface area contributed by atoms with Gasteiger partial charge in [-0.25, -0.2) is 4.98 Å². The van der Waals surface area contributed by atoms with Gasteiger partial charge < -0.3 is 14.2 Å². The lowest BCUT2D eigenvalue weighted by molar-refractivity contribution is -0.0806. The van der Waals surface area contributed by atoms with E-state index in [0.717, 1.165) is 28.3 Å². The Kier molecular flexibility index (Phi) is 5.24. The quantitative estimate of drug-likeness (QED) is 0.664. The van der Waals surface area contributed by atoms with E-state index in [-0.39, 0.29) is 24.1 Å². The van der Waals surface area contributed by atoms with Crippen molar-refractivity contribution in [3.8, 4) is 5.82 Å². The van der Waals surface area contributed by atoms with Crippen molar-refractivity contribution in [2.24, 2.45) is 0 Å². The molecule has 0 spiro atoms. The summed E-state index contributed by atoms with van der Waals surface area (Å²) < 4.78 is 8.16. The maximum absolute atomic E-state index is 13.7. The van der Waals surface area contributed by atoms with Crippen LogP contribution in [0.3, 0.4) is 0 Å². The molecule has 1 fully saturated rings. The number of nitrogens with zero attached hydrogens (tertiary/aromatic N) is 3. The van der Waals surface area contributed by atoms with Crippen LogP contribution in [-0.4, -0.2) is 39.0 Å². The average molecular weight is 389 g/mol. The highest BCUT2D eigenvalue weighted by Gasteiger charge is 2.38. The number of carbonyl (C=O) groups is 1. The third kappa shape index (κ3) is 3.47. The van der Waals surface area contributed by atoms with Gasteiger partial charge in [0.25, 0.3) is 5.91 Å². The number of ether oxygens (including phenoxy) is 1. The van der Waals surface area contributed by atoms with Gasteiger partial charge in [-0.3, -0.25) is 4.79 Å². The lowest BCUT2D eigenvalue weighted by atomic mass is 9.97. The van der Waals surface area contributed by atoms with Crippen LogP contribution in [0.5, 0.6) is 0 Å². The molecule has 0 N–H and O–H groups in total. The molecule has 150 valence electrons. The molecule has 3 aromatic rings. The second-order valence-electron chi connectivity index (χ2n) is 7.77. The van der Waals surface area contributed by atoms with Crippen molar-refractivity contribution in [2.45, 2.75) is 45.9 Å². The van der Waals surface area contributed by atoms with Crippen LogP contribution >= 0.6 is 0 Å². The smallest absolute Gasteiger partial charge is 0.256 e. The molecule has 1 aromatic carbocycles. The third-order valence-corrected chi connectivity index (χ3v) is 5.77. The Hall–Kier alpha value is -2.92. The van der Waals surface area contributed by atoms with E-state index in [0.29, 0.717) is 6.61 Å². The summed E-state index contributed by atoms with van der Waals surface area (Å²) in [6.45, 7) is 8.64. The van der Waals surface area contributed by atoms with Crippen molar-refractivity contribution in [1.82, 2.24) is 14.5 Å². The standard InChI is InChI=1S/C24H27N3O2/c1-16-14-21(18(3)26(16)22-12-8-9-13-25-22)24(28)27-17(2)15-29-23(19(27)4)20-10-6-5-7-11-20/h5-14,17,19,23H,15H2,1-4H3/t17-,19+,23-/m1/s1. The van der Waals surface area contributed by atoms with Crippen LogP contribution in [0.25, 0.3) is 5.82 Å². The Morgan fingerprint density at radius 3 is 2.48 bits per heavy atom. The fourth-order valence-electron chi connectivity index (χ4n) is 4.37. The Morgan fingerprint density at radius 2 is 1.79 bits per heavy atom. The SMILES string of the molecule is Cc1cc(C(=O)N2[C@H](C)CO[C@@H](c3ccccc3)[C@@H]2C)c(C)n1-c1ccccn1. The summed E-state index contributed by atoms with van der Waals surface area (Å²) in [7, 11) is 0. The van der Waals surface area contributed by atoms with Crippen molar-refractivity contribution in [2.75, 3.05) is 6.61 Å². The molecule has 3 heterocycles. The van der Waals surface area contributed by atoms with E-state index in [1.165, 1.54) is 0 Å². The molecule has 4 rings (SSSR count). The van der Waals surface area contributed by atoms with Gasteiger partial charge in [0, 0.05) is 17.6 Å². The molecule has 1 saturated heterocycles. The molecule has 0 radical (unpaired) electrons. The predicted molar refractivity (Wildman–Crippen MR) is 113 cm³/mol. The van der Waals surface area contributed by atoms with E-state index in [1.54, 1.807) is 6.20 Å². The molecule has 3 atom stereocenters. The van der Waals surface area contributed by atoms with Crippen LogP contribution < -0.4 is 0 Å². The van der Waals surface area contributed by atoms with Crippen molar-refractivity contribution in [3.05, 3.63) is 83.3 Å². The number of pyridine rings is 1. The molecule has 5 heteroatoms. The number of aryl methyl sites for hydroxylation is 1. The molecular formula is C24H27N3O2. The minimum absolute atomic E-state index is 0.00960. The minimum Gasteiger partial charge on any atom is -0.369 e. The van der Waals surface area contributed by atoms with Gasteiger partial charge in [0.1, 0.15) is 11.9 Å². The van der Waals surface area contributed by atoms with Crippen LogP contribution in [-0.2, 0) is 4.74 Å². The van der Waals surface area contributed by atoms with Gasteiger partial charge in [-0.2, -0.15) is 0 Å². The van der Waals surface area contributed by atoms with E-state index >= 15 is 0 Å². The summed E-state index contributed by atoms with van der Waals surface area (Å²) >= 11 is 0. The van der Waals surface area contributed by atoms with Gasteiger partial charge >= 0.3 is 0 Å². The number of morpholine rings is 1. The lowest BCUT2D eigenvalue weighted by Crippen LogP contribution is -2.53. The monoisotopic (exact) mass is 389 g/mol. The first kappa shape index (κ1) is 19.4. The zero-order valence-corrected chi connectivity index (χ0v) is 17.4. The number of benzene rings is 1. The Morgan fingerprint density at radius 1 is 1.07 bits per heavy atom. The van der Waals surface area contributed by atoms with Crippen LogP contribution in [0.4, 0.5) is 0 Å². The number of rotatable bonds is 3. The van der Waals surface area contributed by atoms with Crippen molar-refractivity contribution >= 4 is 5.91 Å². The fraction of sp³-hybridized carbons (Fsp3) is 0.333. The summed E-state index contributed by atoms with van der Waals surface area (Å²) in [6.07, 6.45) is 1.64. The number of carbonyl (C=O) groups excluding carboxylic acids is 1. The molecule has 1 aliphatic rings. The van der Waals surface area contributed by atoms with Crippen LogP contribution in [0.1, 0.15) is 47.3 Å². The molecule has 29 heavy (non-hydrogen) atoms. The third-order valence-electron chi connectivity index (χ3n) is 5.77. The van der Waals surface area contributed by atoms with Gasteiger partial charge in [-0.05, 0) is 51.5 Å². The lowest BCUT2D eigenvalue weighted by Gasteiger charge is -2.44. The van der Waals surface area contributed by atoms with Crippen LogP contribution in [0, 0.1) is 13.8 Å². The Labute approximate surface area is 171 Å². The molecule has 0 saturated carbocycles. The van der Waals surface area contributed by atoms with Gasteiger partial charge in [-0.1, -0.05) is 36.4 Å². The molecule has 1 amide bonds. The second-order valence-corrected chi connectivity index (χ2v) is 7.77.